The number of carbonyl (C=O) groups is 2. The Morgan fingerprint density at radius 2 is 1.86 bits per heavy atom. The Kier molecular flexibility index (Phi) is 5.78. The van der Waals surface area contributed by atoms with Crippen LogP contribution in [0.15, 0.2) is 42.5 Å². The second-order valence-electron chi connectivity index (χ2n) is 6.18. The Morgan fingerprint density at radius 3 is 2.57 bits per heavy atom. The molecular weight excluding hydrogens is 360 g/mol. The van der Waals surface area contributed by atoms with Crippen LogP contribution in [0.4, 0.5) is 0 Å². The summed E-state index contributed by atoms with van der Waals surface area (Å²) in [5.74, 6) is 0.921. The fraction of sp³-hybridized carbons (Fsp3) is 0.250. The highest BCUT2D eigenvalue weighted by Gasteiger charge is 2.15. The molecule has 3 N–H and O–H groups in total. The number of imidazole rings is 1. The fourth-order valence-electron chi connectivity index (χ4n) is 2.78. The third-order valence-electron chi connectivity index (χ3n) is 4.25. The van der Waals surface area contributed by atoms with Crippen molar-refractivity contribution < 1.29 is 19.1 Å². The average Bonchev–Trinajstić information content (AvgIpc) is 3.16. The summed E-state index contributed by atoms with van der Waals surface area (Å²) in [6.07, 6.45) is 0. The first-order valence-corrected chi connectivity index (χ1v) is 8.76. The zero-order valence-corrected chi connectivity index (χ0v) is 15.9. The van der Waals surface area contributed by atoms with Gasteiger partial charge >= 0.3 is 0 Å². The Balaban J connectivity index is 1.56. The van der Waals surface area contributed by atoms with E-state index in [0.717, 1.165) is 11.0 Å². The number of aromatic amines is 1. The molecular formula is C20H22N4O4. The van der Waals surface area contributed by atoms with Crippen LogP contribution < -0.4 is 20.1 Å². The van der Waals surface area contributed by atoms with Gasteiger partial charge in [-0.25, -0.2) is 4.98 Å². The molecule has 0 radical (unpaired) electrons. The highest BCUT2D eigenvalue weighted by molar-refractivity contribution is 5.97. The minimum absolute atomic E-state index is 0.155. The quantitative estimate of drug-likeness (QED) is 0.581. The molecule has 0 saturated heterocycles. The summed E-state index contributed by atoms with van der Waals surface area (Å²) >= 11 is 0. The number of benzene rings is 2. The molecule has 0 fully saturated rings. The number of fused-ring (bicyclic) bond motifs is 1. The molecule has 0 aliphatic carbocycles. The number of hydrogen-bond donors (Lipinski definition) is 3. The summed E-state index contributed by atoms with van der Waals surface area (Å²) in [5, 5.41) is 5.41. The molecule has 146 valence electrons. The molecule has 1 heterocycles. The van der Waals surface area contributed by atoms with Crippen LogP contribution in [0.1, 0.15) is 29.1 Å². The maximum atomic E-state index is 12.3. The van der Waals surface area contributed by atoms with Gasteiger partial charge in [0.15, 0.2) is 11.5 Å². The molecule has 2 aromatic carbocycles. The molecule has 28 heavy (non-hydrogen) atoms. The number of nitrogens with one attached hydrogen (secondary N) is 3. The van der Waals surface area contributed by atoms with Crippen molar-refractivity contribution >= 4 is 22.8 Å². The molecule has 0 aliphatic rings. The summed E-state index contributed by atoms with van der Waals surface area (Å²) in [4.78, 5) is 32.1. The third-order valence-corrected chi connectivity index (χ3v) is 4.25. The lowest BCUT2D eigenvalue weighted by Gasteiger charge is -2.13. The third kappa shape index (κ3) is 4.22. The van der Waals surface area contributed by atoms with Crippen LogP contribution in [-0.4, -0.2) is 42.5 Å². The predicted molar refractivity (Wildman–Crippen MR) is 105 cm³/mol. The Hall–Kier alpha value is -3.55. The SMILES string of the molecule is COc1ccc(C(=O)NCC(=O)NC(C)c2nc3ccccc3[nH]2)cc1OC. The highest BCUT2D eigenvalue weighted by Crippen LogP contribution is 2.27. The highest BCUT2D eigenvalue weighted by atomic mass is 16.5. The molecule has 1 aromatic heterocycles. The van der Waals surface area contributed by atoms with E-state index in [-0.39, 0.29) is 24.4 Å². The van der Waals surface area contributed by atoms with E-state index in [1.165, 1.54) is 14.2 Å². The number of rotatable bonds is 7. The number of nitrogens with zero attached hydrogens (tertiary/aromatic N) is 1. The first-order chi connectivity index (χ1) is 13.5. The van der Waals surface area contributed by atoms with Gasteiger partial charge < -0.3 is 25.1 Å². The second-order valence-corrected chi connectivity index (χ2v) is 6.18. The predicted octanol–water partition coefficient (Wildman–Crippen LogP) is 2.19. The van der Waals surface area contributed by atoms with E-state index in [2.05, 4.69) is 20.6 Å². The normalized spacial score (nSPS) is 11.7. The van der Waals surface area contributed by atoms with E-state index in [4.69, 9.17) is 9.47 Å². The topological polar surface area (TPSA) is 105 Å². The van der Waals surface area contributed by atoms with Crippen LogP contribution >= 0.6 is 0 Å². The number of para-hydroxylation sites is 2. The number of H-pyrrole nitrogens is 1. The maximum Gasteiger partial charge on any atom is 0.251 e. The number of amides is 2. The fourth-order valence-corrected chi connectivity index (χ4v) is 2.78. The number of hydrogen-bond acceptors (Lipinski definition) is 5. The Labute approximate surface area is 162 Å². The first-order valence-electron chi connectivity index (χ1n) is 8.76. The van der Waals surface area contributed by atoms with Crippen LogP contribution in [-0.2, 0) is 4.79 Å². The molecule has 0 spiro atoms. The van der Waals surface area contributed by atoms with Crippen LogP contribution in [0.3, 0.4) is 0 Å². The van der Waals surface area contributed by atoms with E-state index in [1.54, 1.807) is 18.2 Å². The molecule has 3 aromatic rings. The van der Waals surface area contributed by atoms with Crippen LogP contribution in [0.2, 0.25) is 0 Å². The summed E-state index contributed by atoms with van der Waals surface area (Å²) in [5.41, 5.74) is 2.11. The molecule has 8 nitrogen and oxygen atoms in total. The van der Waals surface area contributed by atoms with Crippen LogP contribution in [0, 0.1) is 0 Å². The van der Waals surface area contributed by atoms with Gasteiger partial charge in [0.05, 0.1) is 37.8 Å². The number of ether oxygens (including phenoxy) is 2. The first kappa shape index (κ1) is 19.2. The Morgan fingerprint density at radius 1 is 1.11 bits per heavy atom. The molecule has 3 rings (SSSR count). The lowest BCUT2D eigenvalue weighted by Crippen LogP contribution is -2.38. The van der Waals surface area contributed by atoms with Gasteiger partial charge in [-0.05, 0) is 37.3 Å². The molecule has 0 bridgehead atoms. The lowest BCUT2D eigenvalue weighted by atomic mass is 10.2. The summed E-state index contributed by atoms with van der Waals surface area (Å²) in [6.45, 7) is 1.67. The van der Waals surface area contributed by atoms with Crippen molar-refractivity contribution in [3.8, 4) is 11.5 Å². The van der Waals surface area contributed by atoms with Crippen molar-refractivity contribution in [2.45, 2.75) is 13.0 Å². The molecule has 8 heteroatoms. The van der Waals surface area contributed by atoms with Crippen molar-refractivity contribution in [3.05, 3.63) is 53.9 Å². The zero-order chi connectivity index (χ0) is 20.1. The molecule has 0 aliphatic heterocycles. The van der Waals surface area contributed by atoms with Gasteiger partial charge in [0.2, 0.25) is 5.91 Å². The molecule has 1 atom stereocenters. The van der Waals surface area contributed by atoms with Gasteiger partial charge in [-0.15, -0.1) is 0 Å². The van der Waals surface area contributed by atoms with Gasteiger partial charge in [0, 0.05) is 5.56 Å². The van der Waals surface area contributed by atoms with E-state index in [0.29, 0.717) is 22.9 Å². The van der Waals surface area contributed by atoms with Crippen LogP contribution in [0.5, 0.6) is 11.5 Å². The van der Waals surface area contributed by atoms with Gasteiger partial charge in [0.1, 0.15) is 5.82 Å². The van der Waals surface area contributed by atoms with Crippen molar-refractivity contribution in [3.63, 3.8) is 0 Å². The molecule has 0 saturated carbocycles. The van der Waals surface area contributed by atoms with Gasteiger partial charge in [-0.2, -0.15) is 0 Å². The van der Waals surface area contributed by atoms with Crippen molar-refractivity contribution in [1.29, 1.82) is 0 Å². The minimum Gasteiger partial charge on any atom is -0.493 e. The molecule has 2 amide bonds. The van der Waals surface area contributed by atoms with Crippen LogP contribution in [0.25, 0.3) is 11.0 Å². The lowest BCUT2D eigenvalue weighted by molar-refractivity contribution is -0.120. The number of carbonyl (C=O) groups excluding carboxylic acids is 2. The zero-order valence-electron chi connectivity index (χ0n) is 15.9. The van der Waals surface area contributed by atoms with E-state index < -0.39 is 0 Å². The van der Waals surface area contributed by atoms with Gasteiger partial charge in [-0.3, -0.25) is 9.59 Å². The summed E-state index contributed by atoms with van der Waals surface area (Å²) < 4.78 is 10.3. The summed E-state index contributed by atoms with van der Waals surface area (Å²) in [6, 6.07) is 12.1. The van der Waals surface area contributed by atoms with Crippen molar-refractivity contribution in [1.82, 2.24) is 20.6 Å². The largest absolute Gasteiger partial charge is 0.493 e. The van der Waals surface area contributed by atoms with Crippen molar-refractivity contribution in [2.75, 3.05) is 20.8 Å². The average molecular weight is 382 g/mol. The minimum atomic E-state index is -0.382. The monoisotopic (exact) mass is 382 g/mol. The van der Waals surface area contributed by atoms with Gasteiger partial charge in [-0.1, -0.05) is 12.1 Å². The number of aromatic nitrogens is 2. The van der Waals surface area contributed by atoms with Crippen molar-refractivity contribution in [2.24, 2.45) is 0 Å². The Bertz CT molecular complexity index is 966. The van der Waals surface area contributed by atoms with Gasteiger partial charge in [0.25, 0.3) is 5.91 Å². The van der Waals surface area contributed by atoms with E-state index in [9.17, 15) is 9.59 Å². The smallest absolute Gasteiger partial charge is 0.251 e. The van der Waals surface area contributed by atoms with E-state index in [1.807, 2.05) is 31.2 Å². The number of methoxy groups -OCH3 is 2. The maximum absolute atomic E-state index is 12.3. The standard InChI is InChI=1S/C20H22N4O4/c1-12(19-23-14-6-4-5-7-15(14)24-19)22-18(25)11-21-20(26)13-8-9-16(27-2)17(10-13)28-3/h4-10,12H,11H2,1-3H3,(H,21,26)(H,22,25)(H,23,24). The second kappa shape index (κ2) is 8.43. The molecule has 1 unspecified atom stereocenters. The van der Waals surface area contributed by atoms with E-state index >= 15 is 0 Å². The summed E-state index contributed by atoms with van der Waals surface area (Å²) in [7, 11) is 3.01.